The summed E-state index contributed by atoms with van der Waals surface area (Å²) in [7, 11) is 2.11. The van der Waals surface area contributed by atoms with Crippen molar-refractivity contribution in [1.29, 1.82) is 0 Å². The van der Waals surface area contributed by atoms with E-state index in [1.165, 1.54) is 12.8 Å². The molecule has 0 fully saturated rings. The molecule has 0 saturated heterocycles. The number of rotatable bonds is 5. The minimum atomic E-state index is 0.621. The molecule has 0 N–H and O–H groups in total. The summed E-state index contributed by atoms with van der Waals surface area (Å²) >= 11 is 5.96. The van der Waals surface area contributed by atoms with E-state index < -0.39 is 0 Å². The van der Waals surface area contributed by atoms with E-state index in [4.69, 9.17) is 11.6 Å². The summed E-state index contributed by atoms with van der Waals surface area (Å²) in [6, 6.07) is 3.95. The van der Waals surface area contributed by atoms with Gasteiger partial charge in [-0.05, 0) is 26.1 Å². The lowest BCUT2D eigenvalue weighted by Gasteiger charge is -2.16. The predicted octanol–water partition coefficient (Wildman–Crippen LogP) is 2.97. The Kier molecular flexibility index (Phi) is 4.91. The summed E-state index contributed by atoms with van der Waals surface area (Å²) in [4.78, 5) is 6.32. The molecule has 0 spiro atoms. The summed E-state index contributed by atoms with van der Waals surface area (Å²) in [5, 5.41) is 0.621. The van der Waals surface area contributed by atoms with Crippen LogP contribution < -0.4 is 0 Å². The van der Waals surface area contributed by atoms with Crippen molar-refractivity contribution in [1.82, 2.24) is 9.88 Å². The van der Waals surface area contributed by atoms with Crippen molar-refractivity contribution in [3.63, 3.8) is 0 Å². The highest BCUT2D eigenvalue weighted by Crippen LogP contribution is 2.13. The molecule has 78 valence electrons. The zero-order valence-corrected chi connectivity index (χ0v) is 9.59. The number of aromatic nitrogens is 1. The summed E-state index contributed by atoms with van der Waals surface area (Å²) < 4.78 is 0. The summed E-state index contributed by atoms with van der Waals surface area (Å²) in [6.45, 7) is 4.19. The third-order valence-electron chi connectivity index (χ3n) is 2.17. The first-order chi connectivity index (χ1) is 6.74. The predicted molar refractivity (Wildman–Crippen MR) is 60.5 cm³/mol. The van der Waals surface area contributed by atoms with E-state index in [2.05, 4.69) is 23.9 Å². The van der Waals surface area contributed by atoms with E-state index in [0.717, 1.165) is 18.7 Å². The lowest BCUT2D eigenvalue weighted by Crippen LogP contribution is -2.19. The van der Waals surface area contributed by atoms with Crippen LogP contribution >= 0.6 is 11.6 Å². The first-order valence-corrected chi connectivity index (χ1v) is 5.39. The van der Waals surface area contributed by atoms with E-state index in [9.17, 15) is 0 Å². The first kappa shape index (κ1) is 11.5. The van der Waals surface area contributed by atoms with Gasteiger partial charge in [-0.3, -0.25) is 0 Å². The molecule has 1 heterocycles. The van der Waals surface area contributed by atoms with Gasteiger partial charge in [0.2, 0.25) is 0 Å². The number of pyridine rings is 1. The number of unbranched alkanes of at least 4 members (excludes halogenated alkanes) is 1. The molecule has 0 saturated carbocycles. The molecule has 0 aromatic carbocycles. The van der Waals surface area contributed by atoms with Crippen LogP contribution in [0.4, 0.5) is 0 Å². The van der Waals surface area contributed by atoms with Gasteiger partial charge in [0.15, 0.2) is 0 Å². The molecule has 0 amide bonds. The maximum absolute atomic E-state index is 5.96. The van der Waals surface area contributed by atoms with Crippen LogP contribution in [0.15, 0.2) is 18.3 Å². The van der Waals surface area contributed by atoms with Crippen molar-refractivity contribution in [2.24, 2.45) is 0 Å². The zero-order valence-electron chi connectivity index (χ0n) is 8.83. The molecule has 0 aliphatic rings. The molecule has 0 bridgehead atoms. The Balaban J connectivity index is 2.47. The second-order valence-electron chi connectivity index (χ2n) is 3.54. The van der Waals surface area contributed by atoms with Gasteiger partial charge in [-0.2, -0.15) is 0 Å². The molecule has 0 aliphatic heterocycles. The van der Waals surface area contributed by atoms with Gasteiger partial charge < -0.3 is 4.90 Å². The molecule has 1 aromatic rings. The number of hydrogen-bond acceptors (Lipinski definition) is 2. The SMILES string of the molecule is CCCCN(C)Cc1cccnc1Cl. The highest BCUT2D eigenvalue weighted by molar-refractivity contribution is 6.30. The molecule has 0 radical (unpaired) electrons. The van der Waals surface area contributed by atoms with Crippen LogP contribution in [-0.4, -0.2) is 23.5 Å². The lowest BCUT2D eigenvalue weighted by atomic mass is 10.2. The second kappa shape index (κ2) is 5.99. The fraction of sp³-hybridized carbons (Fsp3) is 0.545. The molecular formula is C11H17ClN2. The Hall–Kier alpha value is -0.600. The Morgan fingerprint density at radius 1 is 1.50 bits per heavy atom. The second-order valence-corrected chi connectivity index (χ2v) is 3.90. The van der Waals surface area contributed by atoms with Gasteiger partial charge in [0.1, 0.15) is 5.15 Å². The minimum absolute atomic E-state index is 0.621. The van der Waals surface area contributed by atoms with Crippen LogP contribution in [0, 0.1) is 0 Å². The van der Waals surface area contributed by atoms with Gasteiger partial charge in [-0.1, -0.05) is 31.0 Å². The third-order valence-corrected chi connectivity index (χ3v) is 2.51. The number of hydrogen-bond donors (Lipinski definition) is 0. The molecular weight excluding hydrogens is 196 g/mol. The smallest absolute Gasteiger partial charge is 0.133 e. The first-order valence-electron chi connectivity index (χ1n) is 5.02. The maximum Gasteiger partial charge on any atom is 0.133 e. The van der Waals surface area contributed by atoms with Crippen molar-refractivity contribution >= 4 is 11.6 Å². The van der Waals surface area contributed by atoms with E-state index in [0.29, 0.717) is 5.15 Å². The van der Waals surface area contributed by atoms with Crippen molar-refractivity contribution in [3.05, 3.63) is 29.0 Å². The van der Waals surface area contributed by atoms with Crippen LogP contribution in [0.1, 0.15) is 25.3 Å². The Bertz CT molecular complexity index is 276. The summed E-state index contributed by atoms with van der Waals surface area (Å²) in [5.74, 6) is 0. The van der Waals surface area contributed by atoms with Crippen molar-refractivity contribution in [2.75, 3.05) is 13.6 Å². The standard InChI is InChI=1S/C11H17ClN2/c1-3-4-8-14(2)9-10-6-5-7-13-11(10)12/h5-7H,3-4,8-9H2,1-2H3. The van der Waals surface area contributed by atoms with Gasteiger partial charge in [-0.25, -0.2) is 4.98 Å². The Morgan fingerprint density at radius 3 is 2.93 bits per heavy atom. The molecule has 1 rings (SSSR count). The fourth-order valence-corrected chi connectivity index (χ4v) is 1.51. The molecule has 14 heavy (non-hydrogen) atoms. The Morgan fingerprint density at radius 2 is 2.29 bits per heavy atom. The number of halogens is 1. The maximum atomic E-state index is 5.96. The molecule has 3 heteroatoms. The largest absolute Gasteiger partial charge is 0.302 e. The van der Waals surface area contributed by atoms with Gasteiger partial charge in [0.25, 0.3) is 0 Å². The van der Waals surface area contributed by atoms with Crippen molar-refractivity contribution in [2.45, 2.75) is 26.3 Å². The zero-order chi connectivity index (χ0) is 10.4. The minimum Gasteiger partial charge on any atom is -0.302 e. The van der Waals surface area contributed by atoms with Crippen molar-refractivity contribution in [3.8, 4) is 0 Å². The molecule has 2 nitrogen and oxygen atoms in total. The van der Waals surface area contributed by atoms with Crippen LogP contribution in [0.5, 0.6) is 0 Å². The van der Waals surface area contributed by atoms with Gasteiger partial charge in [0.05, 0.1) is 0 Å². The molecule has 1 aromatic heterocycles. The number of nitrogens with zero attached hydrogens (tertiary/aromatic N) is 2. The third kappa shape index (κ3) is 3.64. The molecule has 0 aliphatic carbocycles. The van der Waals surface area contributed by atoms with E-state index in [-0.39, 0.29) is 0 Å². The van der Waals surface area contributed by atoms with E-state index >= 15 is 0 Å². The average Bonchev–Trinajstić information content (AvgIpc) is 2.18. The summed E-state index contributed by atoms with van der Waals surface area (Å²) in [5.41, 5.74) is 1.10. The quantitative estimate of drug-likeness (QED) is 0.698. The Labute approximate surface area is 90.9 Å². The summed E-state index contributed by atoms with van der Waals surface area (Å²) in [6.07, 6.45) is 4.18. The molecule has 0 unspecified atom stereocenters. The topological polar surface area (TPSA) is 16.1 Å². The highest BCUT2D eigenvalue weighted by Gasteiger charge is 2.03. The lowest BCUT2D eigenvalue weighted by molar-refractivity contribution is 0.320. The normalized spacial score (nSPS) is 10.9. The molecule has 0 atom stereocenters. The van der Waals surface area contributed by atoms with Gasteiger partial charge >= 0.3 is 0 Å². The van der Waals surface area contributed by atoms with Crippen LogP contribution in [0.25, 0.3) is 0 Å². The van der Waals surface area contributed by atoms with Gasteiger partial charge in [-0.15, -0.1) is 0 Å². The van der Waals surface area contributed by atoms with Gasteiger partial charge in [0, 0.05) is 18.3 Å². The van der Waals surface area contributed by atoms with E-state index in [1.54, 1.807) is 6.20 Å². The van der Waals surface area contributed by atoms with Crippen LogP contribution in [0.2, 0.25) is 5.15 Å². The monoisotopic (exact) mass is 212 g/mol. The van der Waals surface area contributed by atoms with Crippen molar-refractivity contribution < 1.29 is 0 Å². The fourth-order valence-electron chi connectivity index (χ4n) is 1.34. The van der Waals surface area contributed by atoms with Crippen LogP contribution in [0.3, 0.4) is 0 Å². The van der Waals surface area contributed by atoms with E-state index in [1.807, 2.05) is 12.1 Å². The average molecular weight is 213 g/mol. The highest BCUT2D eigenvalue weighted by atomic mass is 35.5. The van der Waals surface area contributed by atoms with Crippen LogP contribution in [-0.2, 0) is 6.54 Å².